The lowest BCUT2D eigenvalue weighted by Crippen LogP contribution is -2.27. The van der Waals surface area contributed by atoms with Crippen molar-refractivity contribution in [2.45, 2.75) is 0 Å². The SMILES string of the molecule is COc1ccc(-c2nc(N3CC4CNCC4C3)nc3[nH]cnc23)cc1C(=O)O. The van der Waals surface area contributed by atoms with Gasteiger partial charge in [0.1, 0.15) is 22.5 Å². The predicted molar refractivity (Wildman–Crippen MR) is 103 cm³/mol. The van der Waals surface area contributed by atoms with Gasteiger partial charge in [-0.2, -0.15) is 4.98 Å². The third kappa shape index (κ3) is 2.66. The molecule has 2 saturated heterocycles. The van der Waals surface area contributed by atoms with Crippen molar-refractivity contribution in [2.75, 3.05) is 38.2 Å². The normalized spacial score (nSPS) is 21.2. The lowest BCUT2D eigenvalue weighted by molar-refractivity contribution is 0.0693. The monoisotopic (exact) mass is 380 g/mol. The summed E-state index contributed by atoms with van der Waals surface area (Å²) in [5.74, 6) is 1.14. The number of aromatic carboxylic acids is 1. The van der Waals surface area contributed by atoms with Crippen LogP contribution in [0.3, 0.4) is 0 Å². The summed E-state index contributed by atoms with van der Waals surface area (Å²) in [4.78, 5) is 30.7. The number of methoxy groups -OCH3 is 1. The van der Waals surface area contributed by atoms with Crippen LogP contribution in [-0.4, -0.2) is 64.3 Å². The molecule has 0 radical (unpaired) electrons. The Kier molecular flexibility index (Phi) is 3.90. The molecule has 4 heterocycles. The van der Waals surface area contributed by atoms with Crippen LogP contribution in [0, 0.1) is 11.8 Å². The molecule has 28 heavy (non-hydrogen) atoms. The second kappa shape index (κ2) is 6.45. The molecule has 2 fully saturated rings. The minimum atomic E-state index is -1.05. The van der Waals surface area contributed by atoms with Crippen molar-refractivity contribution in [2.24, 2.45) is 11.8 Å². The van der Waals surface area contributed by atoms with E-state index in [2.05, 4.69) is 25.2 Å². The molecule has 144 valence electrons. The molecule has 2 aromatic heterocycles. The minimum Gasteiger partial charge on any atom is -0.496 e. The molecule has 0 bridgehead atoms. The second-order valence-electron chi connectivity index (χ2n) is 7.28. The Balaban J connectivity index is 1.60. The number of imidazole rings is 1. The van der Waals surface area contributed by atoms with E-state index in [9.17, 15) is 9.90 Å². The number of benzene rings is 1. The Labute approximate surface area is 160 Å². The summed E-state index contributed by atoms with van der Waals surface area (Å²) in [6.45, 7) is 3.89. The number of fused-ring (bicyclic) bond motifs is 2. The molecule has 0 aliphatic carbocycles. The molecule has 0 amide bonds. The molecular weight excluding hydrogens is 360 g/mol. The first-order valence-electron chi connectivity index (χ1n) is 9.22. The van der Waals surface area contributed by atoms with Gasteiger partial charge >= 0.3 is 5.97 Å². The highest BCUT2D eigenvalue weighted by Gasteiger charge is 2.37. The van der Waals surface area contributed by atoms with E-state index in [1.807, 2.05) is 0 Å². The second-order valence-corrected chi connectivity index (χ2v) is 7.28. The first-order chi connectivity index (χ1) is 13.6. The van der Waals surface area contributed by atoms with Crippen molar-refractivity contribution in [3.05, 3.63) is 30.1 Å². The van der Waals surface area contributed by atoms with E-state index in [4.69, 9.17) is 9.72 Å². The number of aromatic nitrogens is 4. The van der Waals surface area contributed by atoms with Crippen LogP contribution in [0.4, 0.5) is 5.95 Å². The molecule has 9 nitrogen and oxygen atoms in total. The smallest absolute Gasteiger partial charge is 0.339 e. The van der Waals surface area contributed by atoms with Gasteiger partial charge in [0.15, 0.2) is 5.65 Å². The Hall–Kier alpha value is -3.20. The number of ether oxygens (including phenoxy) is 1. The summed E-state index contributed by atoms with van der Waals surface area (Å²) in [7, 11) is 1.45. The fraction of sp³-hybridized carbons (Fsp3) is 0.368. The molecule has 2 aliphatic heterocycles. The highest BCUT2D eigenvalue weighted by Crippen LogP contribution is 2.33. The number of hydrogen-bond donors (Lipinski definition) is 3. The van der Waals surface area contributed by atoms with Gasteiger partial charge in [-0.1, -0.05) is 0 Å². The maximum absolute atomic E-state index is 11.6. The predicted octanol–water partition coefficient (Wildman–Crippen LogP) is 1.38. The summed E-state index contributed by atoms with van der Waals surface area (Å²) in [6, 6.07) is 5.02. The number of hydrogen-bond acceptors (Lipinski definition) is 7. The molecule has 2 aliphatic rings. The highest BCUT2D eigenvalue weighted by atomic mass is 16.5. The van der Waals surface area contributed by atoms with Crippen molar-refractivity contribution in [1.82, 2.24) is 25.3 Å². The van der Waals surface area contributed by atoms with Crippen molar-refractivity contribution < 1.29 is 14.6 Å². The number of carbonyl (C=O) groups is 1. The van der Waals surface area contributed by atoms with Crippen molar-refractivity contribution >= 4 is 23.1 Å². The van der Waals surface area contributed by atoms with E-state index in [1.165, 1.54) is 7.11 Å². The number of aromatic amines is 1. The zero-order valence-corrected chi connectivity index (χ0v) is 15.3. The number of rotatable bonds is 4. The fourth-order valence-electron chi connectivity index (χ4n) is 4.21. The molecule has 9 heteroatoms. The van der Waals surface area contributed by atoms with E-state index in [0.717, 1.165) is 26.2 Å². The average Bonchev–Trinajstić information content (AvgIpc) is 3.42. The van der Waals surface area contributed by atoms with Crippen LogP contribution >= 0.6 is 0 Å². The Morgan fingerprint density at radius 3 is 2.75 bits per heavy atom. The van der Waals surface area contributed by atoms with Crippen molar-refractivity contribution in [3.8, 4) is 17.0 Å². The van der Waals surface area contributed by atoms with E-state index >= 15 is 0 Å². The van der Waals surface area contributed by atoms with Crippen molar-refractivity contribution in [1.29, 1.82) is 0 Å². The van der Waals surface area contributed by atoms with Gasteiger partial charge in [0.2, 0.25) is 5.95 Å². The zero-order valence-electron chi connectivity index (χ0n) is 15.3. The van der Waals surface area contributed by atoms with Gasteiger partial charge in [-0.05, 0) is 30.0 Å². The maximum atomic E-state index is 11.6. The Morgan fingerprint density at radius 1 is 1.25 bits per heavy atom. The number of nitrogens with zero attached hydrogens (tertiary/aromatic N) is 4. The van der Waals surface area contributed by atoms with Gasteiger partial charge in [-0.15, -0.1) is 0 Å². The van der Waals surface area contributed by atoms with Gasteiger partial charge < -0.3 is 25.0 Å². The molecule has 3 aromatic rings. The minimum absolute atomic E-state index is 0.0885. The summed E-state index contributed by atoms with van der Waals surface area (Å²) in [5.41, 5.74) is 2.63. The summed E-state index contributed by atoms with van der Waals surface area (Å²) in [6.07, 6.45) is 1.58. The third-order valence-electron chi connectivity index (χ3n) is 5.64. The van der Waals surface area contributed by atoms with Crippen molar-refractivity contribution in [3.63, 3.8) is 0 Å². The first kappa shape index (κ1) is 16.9. The quantitative estimate of drug-likeness (QED) is 0.622. The number of carboxylic acid groups (broad SMARTS) is 1. The van der Waals surface area contributed by atoms with E-state index in [0.29, 0.717) is 46.0 Å². The van der Waals surface area contributed by atoms with Gasteiger partial charge in [0.05, 0.1) is 13.4 Å². The van der Waals surface area contributed by atoms with Crippen LogP contribution in [0.25, 0.3) is 22.4 Å². The molecular formula is C19H20N6O3. The van der Waals surface area contributed by atoms with Gasteiger partial charge in [0, 0.05) is 31.7 Å². The maximum Gasteiger partial charge on any atom is 0.339 e. The lowest BCUT2D eigenvalue weighted by atomic mass is 10.0. The van der Waals surface area contributed by atoms with Crippen LogP contribution < -0.4 is 15.0 Å². The highest BCUT2D eigenvalue weighted by molar-refractivity contribution is 5.95. The van der Waals surface area contributed by atoms with E-state index in [1.54, 1.807) is 24.5 Å². The molecule has 2 unspecified atom stereocenters. The van der Waals surface area contributed by atoms with Crippen LogP contribution in [0.2, 0.25) is 0 Å². The van der Waals surface area contributed by atoms with E-state index in [-0.39, 0.29) is 5.56 Å². The van der Waals surface area contributed by atoms with Crippen LogP contribution in [-0.2, 0) is 0 Å². The standard InChI is InChI=1S/C19H20N6O3/c1-28-14-3-2-10(4-13(14)18(26)27)15-16-17(22-9-21-16)24-19(23-15)25-7-11-5-20-6-12(11)8-25/h2-4,9,11-12,20H,5-8H2,1H3,(H,26,27)(H,21,22,23,24). The first-order valence-corrected chi connectivity index (χ1v) is 9.22. The zero-order chi connectivity index (χ0) is 19.3. The van der Waals surface area contributed by atoms with E-state index < -0.39 is 5.97 Å². The largest absolute Gasteiger partial charge is 0.496 e. The Bertz CT molecular complexity index is 1050. The molecule has 2 atom stereocenters. The number of nitrogens with one attached hydrogen (secondary N) is 2. The third-order valence-corrected chi connectivity index (χ3v) is 5.64. The summed E-state index contributed by atoms with van der Waals surface area (Å²) < 4.78 is 5.17. The topological polar surface area (TPSA) is 116 Å². The summed E-state index contributed by atoms with van der Waals surface area (Å²) >= 11 is 0. The lowest BCUT2D eigenvalue weighted by Gasteiger charge is -2.18. The fourth-order valence-corrected chi connectivity index (χ4v) is 4.21. The molecule has 3 N–H and O–H groups in total. The Morgan fingerprint density at radius 2 is 2.04 bits per heavy atom. The molecule has 5 rings (SSSR count). The molecule has 0 saturated carbocycles. The van der Waals surface area contributed by atoms with Crippen LogP contribution in [0.5, 0.6) is 5.75 Å². The summed E-state index contributed by atoms with van der Waals surface area (Å²) in [5, 5.41) is 12.9. The van der Waals surface area contributed by atoms with Gasteiger partial charge in [-0.25, -0.2) is 14.8 Å². The number of H-pyrrole nitrogens is 1. The average molecular weight is 380 g/mol. The van der Waals surface area contributed by atoms with Crippen LogP contribution in [0.15, 0.2) is 24.5 Å². The molecule has 1 aromatic carbocycles. The number of anilines is 1. The van der Waals surface area contributed by atoms with Gasteiger partial charge in [0.25, 0.3) is 0 Å². The van der Waals surface area contributed by atoms with Gasteiger partial charge in [-0.3, -0.25) is 0 Å². The molecule has 0 spiro atoms. The van der Waals surface area contributed by atoms with Crippen LogP contribution in [0.1, 0.15) is 10.4 Å². The number of carboxylic acids is 1.